The predicted octanol–water partition coefficient (Wildman–Crippen LogP) is 3.63. The second-order valence-electron chi connectivity index (χ2n) is 5.49. The van der Waals surface area contributed by atoms with Gasteiger partial charge in [-0.15, -0.1) is 0 Å². The molecule has 0 bridgehead atoms. The number of furan rings is 1. The van der Waals surface area contributed by atoms with Crippen molar-refractivity contribution in [1.29, 1.82) is 5.26 Å². The quantitative estimate of drug-likeness (QED) is 0.782. The summed E-state index contributed by atoms with van der Waals surface area (Å²) in [6.45, 7) is 2.73. The van der Waals surface area contributed by atoms with Crippen molar-refractivity contribution in [3.8, 4) is 6.07 Å². The van der Waals surface area contributed by atoms with Crippen molar-refractivity contribution in [1.82, 2.24) is 9.88 Å². The van der Waals surface area contributed by atoms with Crippen molar-refractivity contribution >= 4 is 16.8 Å². The molecule has 1 aromatic carbocycles. The molecule has 5 nitrogen and oxygen atoms in total. The molecule has 0 saturated heterocycles. The molecule has 23 heavy (non-hydrogen) atoms. The molecule has 0 aliphatic heterocycles. The van der Waals surface area contributed by atoms with Gasteiger partial charge in [0.2, 0.25) is 0 Å². The van der Waals surface area contributed by atoms with Crippen LogP contribution in [0.15, 0.2) is 47.1 Å². The second-order valence-corrected chi connectivity index (χ2v) is 5.49. The van der Waals surface area contributed by atoms with Gasteiger partial charge in [0, 0.05) is 17.4 Å². The number of hydrogen-bond acceptors (Lipinski definition) is 3. The summed E-state index contributed by atoms with van der Waals surface area (Å²) in [4.78, 5) is 17.6. The molecule has 3 rings (SSSR count). The minimum absolute atomic E-state index is 0.134. The van der Waals surface area contributed by atoms with E-state index in [9.17, 15) is 4.79 Å². The number of nitrogens with one attached hydrogen (secondary N) is 1. The number of H-pyrrole nitrogens is 1. The lowest BCUT2D eigenvalue weighted by atomic mass is 10.2. The summed E-state index contributed by atoms with van der Waals surface area (Å²) in [5.41, 5.74) is 2.59. The molecule has 5 heteroatoms. The number of benzene rings is 1. The molecule has 0 atom stereocenters. The van der Waals surface area contributed by atoms with Crippen molar-refractivity contribution in [3.05, 3.63) is 59.7 Å². The highest BCUT2D eigenvalue weighted by molar-refractivity contribution is 5.98. The number of aromatic nitrogens is 1. The topological polar surface area (TPSA) is 73.0 Å². The van der Waals surface area contributed by atoms with Crippen molar-refractivity contribution in [2.24, 2.45) is 0 Å². The Morgan fingerprint density at radius 1 is 1.35 bits per heavy atom. The largest absolute Gasteiger partial charge is 0.467 e. The summed E-state index contributed by atoms with van der Waals surface area (Å²) in [6, 6.07) is 13.6. The summed E-state index contributed by atoms with van der Waals surface area (Å²) in [5.74, 6) is 0.564. The van der Waals surface area contributed by atoms with Gasteiger partial charge in [0.1, 0.15) is 11.5 Å². The highest BCUT2D eigenvalue weighted by Crippen LogP contribution is 2.19. The first kappa shape index (κ1) is 14.9. The Morgan fingerprint density at radius 3 is 2.96 bits per heavy atom. The average Bonchev–Trinajstić information content (AvgIpc) is 3.19. The average molecular weight is 307 g/mol. The minimum Gasteiger partial charge on any atom is -0.467 e. The Balaban J connectivity index is 1.87. The molecule has 0 fully saturated rings. The number of aromatic amines is 1. The third-order valence-corrected chi connectivity index (χ3v) is 3.72. The van der Waals surface area contributed by atoms with E-state index in [1.807, 2.05) is 37.3 Å². The lowest BCUT2D eigenvalue weighted by molar-refractivity contribution is 0.0730. The molecule has 1 amide bonds. The Bertz CT molecular complexity index is 856. The Labute approximate surface area is 134 Å². The van der Waals surface area contributed by atoms with Crippen LogP contribution in [-0.2, 0) is 6.54 Å². The molecule has 0 spiro atoms. The second kappa shape index (κ2) is 6.41. The van der Waals surface area contributed by atoms with Crippen LogP contribution in [0.5, 0.6) is 0 Å². The molecule has 0 aliphatic rings. The standard InChI is InChI=1S/C18H17N3O2/c1-13-5-6-14-11-17(20-16(14)10-13)18(22)21(8-3-7-19)12-15-4-2-9-23-15/h2,4-6,9-11,20H,3,8,12H2,1H3. The van der Waals surface area contributed by atoms with Crippen LogP contribution in [0.25, 0.3) is 10.9 Å². The normalized spacial score (nSPS) is 10.6. The molecule has 0 unspecified atom stereocenters. The number of fused-ring (bicyclic) bond motifs is 1. The SMILES string of the molecule is Cc1ccc2cc(C(=O)N(CCC#N)Cc3ccco3)[nH]c2c1. The van der Waals surface area contributed by atoms with Crippen LogP contribution in [-0.4, -0.2) is 22.3 Å². The molecule has 0 aliphatic carbocycles. The third-order valence-electron chi connectivity index (χ3n) is 3.72. The van der Waals surface area contributed by atoms with E-state index in [4.69, 9.17) is 9.68 Å². The van der Waals surface area contributed by atoms with Gasteiger partial charge >= 0.3 is 0 Å². The zero-order valence-electron chi connectivity index (χ0n) is 12.9. The number of nitrogens with zero attached hydrogens (tertiary/aromatic N) is 2. The highest BCUT2D eigenvalue weighted by atomic mass is 16.3. The van der Waals surface area contributed by atoms with Gasteiger partial charge in [0.05, 0.1) is 25.3 Å². The van der Waals surface area contributed by atoms with Gasteiger partial charge in [0.25, 0.3) is 5.91 Å². The number of hydrogen-bond donors (Lipinski definition) is 1. The van der Waals surface area contributed by atoms with Crippen LogP contribution in [0.4, 0.5) is 0 Å². The first-order chi connectivity index (χ1) is 11.2. The van der Waals surface area contributed by atoms with Crippen molar-refractivity contribution in [2.45, 2.75) is 19.9 Å². The highest BCUT2D eigenvalue weighted by Gasteiger charge is 2.19. The van der Waals surface area contributed by atoms with Gasteiger partial charge < -0.3 is 14.3 Å². The molecular formula is C18H17N3O2. The van der Waals surface area contributed by atoms with E-state index >= 15 is 0 Å². The number of carbonyl (C=O) groups is 1. The van der Waals surface area contributed by atoms with Crippen LogP contribution in [0.3, 0.4) is 0 Å². The maximum absolute atomic E-state index is 12.8. The summed E-state index contributed by atoms with van der Waals surface area (Å²) in [7, 11) is 0. The van der Waals surface area contributed by atoms with E-state index in [0.717, 1.165) is 16.5 Å². The van der Waals surface area contributed by atoms with E-state index in [1.54, 1.807) is 17.2 Å². The van der Waals surface area contributed by atoms with Gasteiger partial charge in [-0.3, -0.25) is 4.79 Å². The molecule has 0 radical (unpaired) electrons. The molecular weight excluding hydrogens is 290 g/mol. The van der Waals surface area contributed by atoms with Crippen molar-refractivity contribution in [2.75, 3.05) is 6.54 Å². The number of aryl methyl sites for hydroxylation is 1. The first-order valence-corrected chi connectivity index (χ1v) is 7.45. The first-order valence-electron chi connectivity index (χ1n) is 7.45. The number of rotatable bonds is 5. The lowest BCUT2D eigenvalue weighted by Crippen LogP contribution is -2.31. The van der Waals surface area contributed by atoms with E-state index < -0.39 is 0 Å². The van der Waals surface area contributed by atoms with E-state index in [1.165, 1.54) is 0 Å². The van der Waals surface area contributed by atoms with Gasteiger partial charge in [0.15, 0.2) is 0 Å². The number of nitriles is 1. The Morgan fingerprint density at radius 2 is 2.22 bits per heavy atom. The van der Waals surface area contributed by atoms with Crippen molar-refractivity contribution in [3.63, 3.8) is 0 Å². The number of amides is 1. The maximum atomic E-state index is 12.8. The molecule has 2 heterocycles. The van der Waals surface area contributed by atoms with Gasteiger partial charge in [-0.2, -0.15) is 5.26 Å². The third kappa shape index (κ3) is 3.27. The minimum atomic E-state index is -0.134. The maximum Gasteiger partial charge on any atom is 0.270 e. The van der Waals surface area contributed by atoms with Crippen LogP contribution in [0.1, 0.15) is 28.2 Å². The van der Waals surface area contributed by atoms with Crippen LogP contribution >= 0.6 is 0 Å². The molecule has 0 saturated carbocycles. The monoisotopic (exact) mass is 307 g/mol. The van der Waals surface area contributed by atoms with Gasteiger partial charge in [-0.05, 0) is 36.8 Å². The summed E-state index contributed by atoms with van der Waals surface area (Å²) < 4.78 is 5.32. The van der Waals surface area contributed by atoms with E-state index in [0.29, 0.717) is 24.5 Å². The Hall–Kier alpha value is -3.00. The van der Waals surface area contributed by atoms with Gasteiger partial charge in [-0.1, -0.05) is 12.1 Å². The fraction of sp³-hybridized carbons (Fsp3) is 0.222. The molecule has 2 aromatic heterocycles. The van der Waals surface area contributed by atoms with E-state index in [-0.39, 0.29) is 12.3 Å². The zero-order valence-corrected chi connectivity index (χ0v) is 12.9. The van der Waals surface area contributed by atoms with Crippen LogP contribution in [0.2, 0.25) is 0 Å². The zero-order chi connectivity index (χ0) is 16.2. The molecule has 3 aromatic rings. The molecule has 1 N–H and O–H groups in total. The van der Waals surface area contributed by atoms with Crippen LogP contribution < -0.4 is 0 Å². The van der Waals surface area contributed by atoms with Crippen molar-refractivity contribution < 1.29 is 9.21 Å². The van der Waals surface area contributed by atoms with E-state index in [2.05, 4.69) is 11.1 Å². The fourth-order valence-electron chi connectivity index (χ4n) is 2.55. The summed E-state index contributed by atoms with van der Waals surface area (Å²) in [6.07, 6.45) is 1.86. The number of carbonyl (C=O) groups excluding carboxylic acids is 1. The molecule has 116 valence electrons. The van der Waals surface area contributed by atoms with Gasteiger partial charge in [-0.25, -0.2) is 0 Å². The van der Waals surface area contributed by atoms with Crippen LogP contribution in [0, 0.1) is 18.3 Å². The smallest absolute Gasteiger partial charge is 0.270 e. The fourth-order valence-corrected chi connectivity index (χ4v) is 2.55. The predicted molar refractivity (Wildman–Crippen MR) is 86.7 cm³/mol. The Kier molecular flexibility index (Phi) is 4.15. The summed E-state index contributed by atoms with van der Waals surface area (Å²) in [5, 5.41) is 9.82. The summed E-state index contributed by atoms with van der Waals surface area (Å²) >= 11 is 0. The lowest BCUT2D eigenvalue weighted by Gasteiger charge is -2.19.